The van der Waals surface area contributed by atoms with Crippen LogP contribution in [0.4, 0.5) is 17.6 Å². The monoisotopic (exact) mass is 1000 g/mol. The number of halogens is 4. The van der Waals surface area contributed by atoms with Crippen LogP contribution in [0, 0.1) is 55.4 Å². The number of aryl methyl sites for hydroxylation is 8. The Bertz CT molecular complexity index is 2630. The molecule has 0 saturated heterocycles. The van der Waals surface area contributed by atoms with Crippen molar-refractivity contribution in [3.63, 3.8) is 0 Å². The summed E-state index contributed by atoms with van der Waals surface area (Å²) in [4.78, 5) is 0. The first-order valence-corrected chi connectivity index (χ1v) is 25.3. The van der Waals surface area contributed by atoms with Crippen LogP contribution in [0.25, 0.3) is 11.1 Å². The summed E-state index contributed by atoms with van der Waals surface area (Å²) in [5, 5.41) is 3.91. The lowest BCUT2D eigenvalue weighted by atomic mass is 10.0. The molecule has 0 aliphatic carbocycles. The lowest BCUT2D eigenvalue weighted by Gasteiger charge is -2.30. The number of alkyl halides is 4. The van der Waals surface area contributed by atoms with Gasteiger partial charge in [-0.2, -0.15) is 0 Å². The molecule has 0 N–H and O–H groups in total. The molecule has 370 valence electrons. The summed E-state index contributed by atoms with van der Waals surface area (Å²) >= 11 is 0. The van der Waals surface area contributed by atoms with Gasteiger partial charge in [-0.3, -0.25) is 0 Å². The lowest BCUT2D eigenvalue weighted by Crippen LogP contribution is -2.29. The zero-order valence-electron chi connectivity index (χ0n) is 41.7. The highest BCUT2D eigenvalue weighted by Crippen LogP contribution is 2.61. The van der Waals surface area contributed by atoms with E-state index in [1.165, 1.54) is 0 Å². The number of hydrogen-bond acceptors (Lipinski definition) is 10. The van der Waals surface area contributed by atoms with Crippen LogP contribution < -0.4 is 79.2 Å². The van der Waals surface area contributed by atoms with Crippen molar-refractivity contribution in [3.8, 4) is 68.6 Å². The van der Waals surface area contributed by atoms with Crippen LogP contribution in [0.1, 0.15) is 58.4 Å². The second-order valence-electron chi connectivity index (χ2n) is 17.2. The summed E-state index contributed by atoms with van der Waals surface area (Å²) in [7, 11) is 2.62. The van der Waals surface area contributed by atoms with Crippen LogP contribution in [0.5, 0.6) is 57.5 Å². The van der Waals surface area contributed by atoms with Crippen LogP contribution in [-0.2, 0) is 0 Å². The highest BCUT2D eigenvalue weighted by molar-refractivity contribution is 7.80. The maximum Gasteiger partial charge on any atom is 0.586 e. The molecule has 0 spiro atoms. The zero-order chi connectivity index (χ0) is 50.7. The Morgan fingerprint density at radius 3 is 0.829 bits per heavy atom. The first-order valence-electron chi connectivity index (χ1n) is 22.6. The Labute approximate surface area is 408 Å². The third-order valence-electron chi connectivity index (χ3n) is 12.2. The van der Waals surface area contributed by atoms with Gasteiger partial charge in [0, 0.05) is 21.7 Å². The molecule has 0 radical (unpaired) electrons. The topological polar surface area (TPSA) is 92.3 Å². The van der Waals surface area contributed by atoms with Gasteiger partial charge in [-0.1, -0.05) is 0 Å². The number of fused-ring (bicyclic) bond motifs is 2. The van der Waals surface area contributed by atoms with Crippen molar-refractivity contribution < 1.29 is 64.9 Å². The molecule has 6 aromatic rings. The van der Waals surface area contributed by atoms with Gasteiger partial charge in [0.2, 0.25) is 11.5 Å². The molecular weight excluding hydrogens is 947 g/mol. The molecule has 70 heavy (non-hydrogen) atoms. The van der Waals surface area contributed by atoms with Crippen molar-refractivity contribution in [1.29, 1.82) is 0 Å². The molecule has 0 unspecified atom stereocenters. The molecule has 0 fully saturated rings. The number of methoxy groups -OCH3 is 4. The van der Waals surface area contributed by atoms with Crippen molar-refractivity contribution in [1.82, 2.24) is 0 Å². The molecule has 2 heterocycles. The van der Waals surface area contributed by atoms with Crippen molar-refractivity contribution in [3.05, 3.63) is 105 Å². The van der Waals surface area contributed by atoms with E-state index in [1.54, 1.807) is 54.4 Å². The molecule has 8 rings (SSSR count). The predicted octanol–water partition coefficient (Wildman–Crippen LogP) is 10.8. The highest BCUT2D eigenvalue weighted by Gasteiger charge is 2.52. The van der Waals surface area contributed by atoms with E-state index in [0.717, 1.165) is 65.7 Å². The Morgan fingerprint density at radius 1 is 0.386 bits per heavy atom. The van der Waals surface area contributed by atoms with Gasteiger partial charge in [-0.25, -0.2) is 0 Å². The highest BCUT2D eigenvalue weighted by atomic mass is 31.1. The van der Waals surface area contributed by atoms with E-state index < -0.39 is 51.4 Å². The molecule has 10 nitrogen and oxygen atoms in total. The van der Waals surface area contributed by atoms with Crippen LogP contribution in [0.3, 0.4) is 0 Å². The fourth-order valence-corrected chi connectivity index (χ4v) is 15.5. The Hall–Kier alpha value is -6.10. The summed E-state index contributed by atoms with van der Waals surface area (Å²) in [5.41, 5.74) is 6.48. The second-order valence-corrected chi connectivity index (χ2v) is 21.5. The number of rotatable bonds is 15. The largest absolute Gasteiger partial charge is 0.586 e. The van der Waals surface area contributed by atoms with E-state index in [-0.39, 0.29) is 35.8 Å². The molecule has 0 aromatic heterocycles. The van der Waals surface area contributed by atoms with E-state index in [4.69, 9.17) is 47.4 Å². The Morgan fingerprint density at radius 2 is 0.614 bits per heavy atom. The number of benzene rings is 6. The van der Waals surface area contributed by atoms with Gasteiger partial charge >= 0.3 is 12.6 Å². The van der Waals surface area contributed by atoms with Gasteiger partial charge in [0.1, 0.15) is 23.0 Å². The first kappa shape index (κ1) is 50.3. The summed E-state index contributed by atoms with van der Waals surface area (Å²) < 4.78 is 122. The minimum Gasteiger partial charge on any atom is -0.496 e. The van der Waals surface area contributed by atoms with E-state index in [9.17, 15) is 0 Å². The van der Waals surface area contributed by atoms with Crippen LogP contribution in [0.2, 0.25) is 0 Å². The molecule has 0 saturated carbocycles. The van der Waals surface area contributed by atoms with Crippen molar-refractivity contribution in [2.24, 2.45) is 0 Å². The average molecular weight is 1000 g/mol. The predicted molar refractivity (Wildman–Crippen MR) is 268 cm³/mol. The third kappa shape index (κ3) is 8.98. The molecular formula is C54H56F4O10P2. The zero-order valence-corrected chi connectivity index (χ0v) is 43.5. The standard InChI is InChI=1S/C54H56F4O10P2/c1-15-63-39-25-41(69(35-17-27(3)45(59-11)28(4)18-35)36-19-29(5)46(60-12)30(6)20-36)43(51-49(39)65-53(55,56)67-51)44-42(26-40(64-16-2)50-52(44)68-54(57,58)66-50)70(37-21-31(7)47(61-13)32(8)22-37)38-23-33(9)48(62-14)34(10)24-38/h17-26H,15-16H2,1-14H3. The van der Waals surface area contributed by atoms with Gasteiger partial charge < -0.3 is 47.4 Å². The molecule has 0 bridgehead atoms. The molecule has 2 aliphatic heterocycles. The summed E-state index contributed by atoms with van der Waals surface area (Å²) in [6.07, 6.45) is -8.42. The molecule has 0 atom stereocenters. The molecule has 6 aromatic carbocycles. The normalized spacial score (nSPS) is 14.1. The molecule has 0 amide bonds. The van der Waals surface area contributed by atoms with E-state index >= 15 is 17.6 Å². The van der Waals surface area contributed by atoms with Crippen LogP contribution in [-0.4, -0.2) is 54.2 Å². The van der Waals surface area contributed by atoms with Gasteiger partial charge in [0.15, 0.2) is 23.0 Å². The van der Waals surface area contributed by atoms with Gasteiger partial charge in [0.05, 0.1) is 41.7 Å². The maximum atomic E-state index is 16.1. The summed E-state index contributed by atoms with van der Waals surface area (Å²) in [6, 6.07) is 19.2. The van der Waals surface area contributed by atoms with Gasteiger partial charge in [-0.05, 0) is 211 Å². The van der Waals surface area contributed by atoms with E-state index in [1.807, 2.05) is 104 Å². The van der Waals surface area contributed by atoms with E-state index in [2.05, 4.69) is 0 Å². The third-order valence-corrected chi connectivity index (χ3v) is 17.0. The minimum atomic E-state index is -4.21. The Balaban J connectivity index is 1.63. The van der Waals surface area contributed by atoms with Gasteiger partial charge in [-0.15, -0.1) is 17.6 Å². The SMILES string of the molecule is CCOc1cc(P(c2cc(C)c(OC)c(C)c2)c2cc(C)c(OC)c(C)c2)c(-c2c(P(c3cc(C)c(OC)c(C)c3)c3cc(C)c(OC)c(C)c3)cc(OCC)c3c2OC(F)(F)O3)c2c1OC(F)(F)O2. The maximum absolute atomic E-state index is 16.1. The van der Waals surface area contributed by atoms with Crippen LogP contribution in [0.15, 0.2) is 60.7 Å². The fourth-order valence-electron chi connectivity index (χ4n) is 9.84. The summed E-state index contributed by atoms with van der Waals surface area (Å²) in [5.74, 6) is 0.885. The van der Waals surface area contributed by atoms with Gasteiger partial charge in [0.25, 0.3) is 0 Å². The smallest absolute Gasteiger partial charge is 0.496 e. The molecule has 2 aliphatic rings. The van der Waals surface area contributed by atoms with Crippen molar-refractivity contribution >= 4 is 47.7 Å². The fraction of sp³-hybridized carbons (Fsp3) is 0.333. The van der Waals surface area contributed by atoms with Crippen LogP contribution >= 0.6 is 15.8 Å². The Kier molecular flexibility index (Phi) is 13.8. The van der Waals surface area contributed by atoms with Crippen molar-refractivity contribution in [2.45, 2.75) is 81.8 Å². The quantitative estimate of drug-likeness (QED) is 0.0732. The minimum absolute atomic E-state index is 0.00555. The number of hydrogen-bond donors (Lipinski definition) is 0. The lowest BCUT2D eigenvalue weighted by molar-refractivity contribution is -0.288. The summed E-state index contributed by atoms with van der Waals surface area (Å²) in [6.45, 7) is 19.0. The molecule has 16 heteroatoms. The van der Waals surface area contributed by atoms with E-state index in [0.29, 0.717) is 33.6 Å². The number of ether oxygens (including phenoxy) is 10. The average Bonchev–Trinajstić information content (AvgIpc) is 3.78. The first-order chi connectivity index (χ1) is 33.2. The van der Waals surface area contributed by atoms with Crippen molar-refractivity contribution in [2.75, 3.05) is 41.7 Å². The second kappa shape index (κ2) is 19.2.